The summed E-state index contributed by atoms with van der Waals surface area (Å²) in [6.45, 7) is 0.583. The first-order valence-electron chi connectivity index (χ1n) is 8.17. The highest BCUT2D eigenvalue weighted by atomic mass is 19.3. The molecule has 27 heavy (non-hydrogen) atoms. The van der Waals surface area contributed by atoms with Crippen molar-refractivity contribution >= 4 is 11.6 Å². The maximum atomic E-state index is 13.2. The molecule has 0 spiro atoms. The molecule has 0 aliphatic rings. The van der Waals surface area contributed by atoms with E-state index in [2.05, 4.69) is 10.1 Å². The SMILES string of the molecule is Cc1cc(C(=O)Nc2ccccc2OC(F)F)c(C)n1-c1ccc(F)cc1. The summed E-state index contributed by atoms with van der Waals surface area (Å²) < 4.78 is 44.5. The zero-order chi connectivity index (χ0) is 19.6. The van der Waals surface area contributed by atoms with Crippen LogP contribution in [0.5, 0.6) is 5.75 Å². The number of carbonyl (C=O) groups excluding carboxylic acids is 1. The number of para-hydroxylation sites is 2. The number of hydrogen-bond acceptors (Lipinski definition) is 2. The predicted molar refractivity (Wildman–Crippen MR) is 96.2 cm³/mol. The van der Waals surface area contributed by atoms with Gasteiger partial charge in [0.25, 0.3) is 5.91 Å². The summed E-state index contributed by atoms with van der Waals surface area (Å²) in [5, 5.41) is 2.60. The van der Waals surface area contributed by atoms with E-state index >= 15 is 0 Å². The molecular formula is C20H17F3N2O2. The Morgan fingerprint density at radius 2 is 1.74 bits per heavy atom. The molecule has 1 N–H and O–H groups in total. The first kappa shape index (κ1) is 18.6. The van der Waals surface area contributed by atoms with Crippen molar-refractivity contribution in [2.24, 2.45) is 0 Å². The van der Waals surface area contributed by atoms with Gasteiger partial charge in [-0.3, -0.25) is 4.79 Å². The number of benzene rings is 2. The molecule has 140 valence electrons. The Bertz CT molecular complexity index is 966. The minimum absolute atomic E-state index is 0.117. The molecule has 0 atom stereocenters. The lowest BCUT2D eigenvalue weighted by molar-refractivity contribution is -0.0493. The van der Waals surface area contributed by atoms with Crippen molar-refractivity contribution in [2.75, 3.05) is 5.32 Å². The standard InChI is InChI=1S/C20H17F3N2O2/c1-12-11-16(13(2)25(12)15-9-7-14(21)8-10-15)19(26)24-17-5-3-4-6-18(17)27-20(22)23/h3-11,20H,1-2H3,(H,24,26). The normalized spacial score (nSPS) is 10.9. The zero-order valence-corrected chi connectivity index (χ0v) is 14.7. The van der Waals surface area contributed by atoms with Gasteiger partial charge in [0, 0.05) is 17.1 Å². The number of amides is 1. The Morgan fingerprint density at radius 3 is 2.41 bits per heavy atom. The molecule has 0 aliphatic heterocycles. The Hall–Kier alpha value is -3.22. The van der Waals surface area contributed by atoms with E-state index < -0.39 is 12.5 Å². The number of aryl methyl sites for hydroxylation is 1. The zero-order valence-electron chi connectivity index (χ0n) is 14.7. The van der Waals surface area contributed by atoms with Crippen LogP contribution in [-0.2, 0) is 0 Å². The van der Waals surface area contributed by atoms with Crippen LogP contribution < -0.4 is 10.1 Å². The second-order valence-electron chi connectivity index (χ2n) is 5.93. The predicted octanol–water partition coefficient (Wildman–Crippen LogP) is 5.09. The minimum atomic E-state index is -2.99. The van der Waals surface area contributed by atoms with E-state index in [1.54, 1.807) is 31.2 Å². The fourth-order valence-electron chi connectivity index (χ4n) is 2.94. The summed E-state index contributed by atoms with van der Waals surface area (Å²) in [4.78, 5) is 12.7. The van der Waals surface area contributed by atoms with Crippen LogP contribution in [0.3, 0.4) is 0 Å². The maximum absolute atomic E-state index is 13.2. The third kappa shape index (κ3) is 3.97. The first-order chi connectivity index (χ1) is 12.9. The Morgan fingerprint density at radius 1 is 1.07 bits per heavy atom. The number of aromatic nitrogens is 1. The molecule has 0 unspecified atom stereocenters. The molecule has 7 heteroatoms. The van der Waals surface area contributed by atoms with Gasteiger partial charge in [-0.2, -0.15) is 8.78 Å². The Kier molecular flexibility index (Phi) is 5.21. The lowest BCUT2D eigenvalue weighted by atomic mass is 10.2. The van der Waals surface area contributed by atoms with Gasteiger partial charge in [0.15, 0.2) is 0 Å². The van der Waals surface area contributed by atoms with Crippen molar-refractivity contribution in [3.05, 3.63) is 77.4 Å². The fraction of sp³-hybridized carbons (Fsp3) is 0.150. The molecular weight excluding hydrogens is 357 g/mol. The molecule has 0 fully saturated rings. The number of hydrogen-bond donors (Lipinski definition) is 1. The van der Waals surface area contributed by atoms with Gasteiger partial charge >= 0.3 is 6.61 Å². The van der Waals surface area contributed by atoms with Crippen LogP contribution >= 0.6 is 0 Å². The topological polar surface area (TPSA) is 43.3 Å². The number of halogens is 3. The molecule has 0 aliphatic carbocycles. The fourth-order valence-corrected chi connectivity index (χ4v) is 2.94. The van der Waals surface area contributed by atoms with Gasteiger partial charge < -0.3 is 14.6 Å². The molecule has 3 rings (SSSR count). The number of rotatable bonds is 5. The van der Waals surface area contributed by atoms with E-state index in [1.807, 2.05) is 11.5 Å². The molecule has 4 nitrogen and oxygen atoms in total. The number of carbonyl (C=O) groups is 1. The average Bonchev–Trinajstić information content (AvgIpc) is 2.92. The van der Waals surface area contributed by atoms with E-state index in [0.29, 0.717) is 16.9 Å². The Balaban J connectivity index is 1.91. The van der Waals surface area contributed by atoms with Crippen molar-refractivity contribution in [3.63, 3.8) is 0 Å². The van der Waals surface area contributed by atoms with Crippen LogP contribution in [0, 0.1) is 19.7 Å². The van der Waals surface area contributed by atoms with Crippen LogP contribution in [0.4, 0.5) is 18.9 Å². The average molecular weight is 374 g/mol. The molecule has 0 saturated heterocycles. The summed E-state index contributed by atoms with van der Waals surface area (Å²) in [6.07, 6.45) is 0. The lowest BCUT2D eigenvalue weighted by Crippen LogP contribution is -2.14. The second kappa shape index (κ2) is 7.57. The first-order valence-corrected chi connectivity index (χ1v) is 8.17. The molecule has 0 radical (unpaired) electrons. The van der Waals surface area contributed by atoms with Crippen LogP contribution in [0.25, 0.3) is 5.69 Å². The number of ether oxygens (including phenoxy) is 1. The van der Waals surface area contributed by atoms with Crippen molar-refractivity contribution in [3.8, 4) is 11.4 Å². The second-order valence-corrected chi connectivity index (χ2v) is 5.93. The maximum Gasteiger partial charge on any atom is 0.387 e. The molecule has 2 aromatic carbocycles. The van der Waals surface area contributed by atoms with Crippen molar-refractivity contribution < 1.29 is 22.7 Å². The van der Waals surface area contributed by atoms with Crippen molar-refractivity contribution in [1.29, 1.82) is 0 Å². The van der Waals surface area contributed by atoms with Gasteiger partial charge in [0.1, 0.15) is 11.6 Å². The van der Waals surface area contributed by atoms with Crippen LogP contribution in [-0.4, -0.2) is 17.1 Å². The molecule has 1 amide bonds. The Labute approximate surface area is 154 Å². The highest BCUT2D eigenvalue weighted by molar-refractivity contribution is 6.06. The third-order valence-corrected chi connectivity index (χ3v) is 4.11. The van der Waals surface area contributed by atoms with E-state index in [1.165, 1.54) is 30.3 Å². The summed E-state index contributed by atoms with van der Waals surface area (Å²) in [7, 11) is 0. The van der Waals surface area contributed by atoms with Crippen molar-refractivity contribution in [1.82, 2.24) is 4.57 Å². The van der Waals surface area contributed by atoms with E-state index in [-0.39, 0.29) is 17.3 Å². The van der Waals surface area contributed by atoms with Gasteiger partial charge in [0.05, 0.1) is 11.3 Å². The van der Waals surface area contributed by atoms with Gasteiger partial charge in [-0.05, 0) is 56.3 Å². The summed E-state index contributed by atoms with van der Waals surface area (Å²) in [5.74, 6) is -0.926. The van der Waals surface area contributed by atoms with Crippen molar-refractivity contribution in [2.45, 2.75) is 20.5 Å². The molecule has 1 aromatic heterocycles. The highest BCUT2D eigenvalue weighted by Crippen LogP contribution is 2.27. The lowest BCUT2D eigenvalue weighted by Gasteiger charge is -2.12. The molecule has 0 bridgehead atoms. The van der Waals surface area contributed by atoms with Gasteiger partial charge in [-0.1, -0.05) is 12.1 Å². The summed E-state index contributed by atoms with van der Waals surface area (Å²) >= 11 is 0. The van der Waals surface area contributed by atoms with Crippen LogP contribution in [0.15, 0.2) is 54.6 Å². The number of nitrogens with zero attached hydrogens (tertiary/aromatic N) is 1. The van der Waals surface area contributed by atoms with Gasteiger partial charge in [0.2, 0.25) is 0 Å². The molecule has 3 aromatic rings. The highest BCUT2D eigenvalue weighted by Gasteiger charge is 2.18. The summed E-state index contributed by atoms with van der Waals surface area (Å²) in [6, 6.07) is 13.6. The largest absolute Gasteiger partial charge is 0.433 e. The number of alkyl halides is 2. The monoisotopic (exact) mass is 374 g/mol. The van der Waals surface area contributed by atoms with E-state index in [9.17, 15) is 18.0 Å². The summed E-state index contributed by atoms with van der Waals surface area (Å²) in [5.41, 5.74) is 2.66. The number of anilines is 1. The van der Waals surface area contributed by atoms with Gasteiger partial charge in [-0.15, -0.1) is 0 Å². The molecule has 0 saturated carbocycles. The minimum Gasteiger partial charge on any atom is -0.433 e. The van der Waals surface area contributed by atoms with Crippen LogP contribution in [0.2, 0.25) is 0 Å². The molecule has 1 heterocycles. The van der Waals surface area contributed by atoms with E-state index in [4.69, 9.17) is 0 Å². The van der Waals surface area contributed by atoms with Crippen LogP contribution in [0.1, 0.15) is 21.7 Å². The van der Waals surface area contributed by atoms with E-state index in [0.717, 1.165) is 5.69 Å². The number of nitrogens with one attached hydrogen (secondary N) is 1. The quantitative estimate of drug-likeness (QED) is 0.676. The third-order valence-electron chi connectivity index (χ3n) is 4.11. The van der Waals surface area contributed by atoms with Gasteiger partial charge in [-0.25, -0.2) is 4.39 Å². The smallest absolute Gasteiger partial charge is 0.387 e.